The molecule has 3 aromatic rings. The number of hydrazone groups is 2. The molecule has 0 spiro atoms. The van der Waals surface area contributed by atoms with Crippen LogP contribution in [0.25, 0.3) is 0 Å². The summed E-state index contributed by atoms with van der Waals surface area (Å²) in [6, 6.07) is 13.0. The number of aryl methyl sites for hydroxylation is 1. The van der Waals surface area contributed by atoms with Crippen LogP contribution in [0.15, 0.2) is 70.0 Å². The number of aromatic nitrogens is 2. The molecule has 2 amide bonds. The second-order valence-corrected chi connectivity index (χ2v) is 8.44. The van der Waals surface area contributed by atoms with Crippen LogP contribution in [0.5, 0.6) is 5.88 Å². The van der Waals surface area contributed by atoms with Gasteiger partial charge in [0.15, 0.2) is 11.8 Å². The van der Waals surface area contributed by atoms with Crippen molar-refractivity contribution < 1.29 is 24.2 Å². The summed E-state index contributed by atoms with van der Waals surface area (Å²) in [4.78, 5) is 53.0. The number of non-ortho nitro benzene ring substituents is 2. The van der Waals surface area contributed by atoms with Crippen molar-refractivity contribution in [2.75, 3.05) is 12.4 Å². The molecule has 39 heavy (non-hydrogen) atoms. The molecule has 0 unspecified atom stereocenters. The van der Waals surface area contributed by atoms with Gasteiger partial charge in [-0.05, 0) is 6.92 Å². The molecule has 16 heteroatoms. The number of hydrogen-bond acceptors (Lipinski definition) is 12. The molecule has 0 aliphatic rings. The van der Waals surface area contributed by atoms with Crippen LogP contribution in [0.1, 0.15) is 16.8 Å². The van der Waals surface area contributed by atoms with Gasteiger partial charge < -0.3 is 4.74 Å². The van der Waals surface area contributed by atoms with Crippen molar-refractivity contribution >= 4 is 47.4 Å². The highest BCUT2D eigenvalue weighted by atomic mass is 32.2. The van der Waals surface area contributed by atoms with Crippen LogP contribution in [-0.4, -0.2) is 56.4 Å². The van der Waals surface area contributed by atoms with Gasteiger partial charge in [-0.3, -0.25) is 29.8 Å². The number of carbonyl (C=O) groups is 2. The molecule has 0 saturated heterocycles. The number of nitro groups is 2. The van der Waals surface area contributed by atoms with Crippen LogP contribution in [0.2, 0.25) is 0 Å². The molecule has 0 fully saturated rings. The topological polar surface area (TPSA) is 204 Å². The van der Waals surface area contributed by atoms with Gasteiger partial charge in [0.1, 0.15) is 0 Å². The average Bonchev–Trinajstić information content (AvgIpc) is 2.91. The third kappa shape index (κ3) is 9.62. The van der Waals surface area contributed by atoms with Gasteiger partial charge in [0.05, 0.1) is 28.0 Å². The van der Waals surface area contributed by atoms with Crippen LogP contribution >= 0.6 is 11.8 Å². The maximum atomic E-state index is 12.1. The van der Waals surface area contributed by atoms with E-state index >= 15 is 0 Å². The third-order valence-corrected chi connectivity index (χ3v) is 5.31. The number of thioether (sulfide) groups is 1. The molecule has 0 aliphatic heterocycles. The molecule has 2 N–H and O–H groups in total. The molecule has 3 rings (SSSR count). The zero-order chi connectivity index (χ0) is 28.2. The molecule has 15 nitrogen and oxygen atoms in total. The highest BCUT2D eigenvalue weighted by molar-refractivity contribution is 7.99. The number of hydrogen-bond donors (Lipinski definition) is 2. The molecule has 0 bridgehead atoms. The van der Waals surface area contributed by atoms with Crippen molar-refractivity contribution in [2.24, 2.45) is 10.2 Å². The molecule has 2 aromatic carbocycles. The summed E-state index contributed by atoms with van der Waals surface area (Å²) in [5.41, 5.74) is 5.77. The van der Waals surface area contributed by atoms with Crippen LogP contribution in [0, 0.1) is 27.2 Å². The Kier molecular flexibility index (Phi) is 10.1. The zero-order valence-corrected chi connectivity index (χ0v) is 21.0. The number of ether oxygens (including phenoxy) is 1. The fourth-order valence-electron chi connectivity index (χ4n) is 2.78. The molecule has 0 aliphatic carbocycles. The van der Waals surface area contributed by atoms with E-state index in [0.29, 0.717) is 16.8 Å². The van der Waals surface area contributed by atoms with E-state index in [4.69, 9.17) is 4.74 Å². The quantitative estimate of drug-likeness (QED) is 0.110. The first-order chi connectivity index (χ1) is 18.7. The maximum Gasteiger partial charge on any atom is 0.278 e. The summed E-state index contributed by atoms with van der Waals surface area (Å²) in [7, 11) is 0. The van der Waals surface area contributed by atoms with Crippen molar-refractivity contribution in [1.82, 2.24) is 20.8 Å². The highest BCUT2D eigenvalue weighted by Crippen LogP contribution is 2.18. The number of nitrogens with zero attached hydrogens (tertiary/aromatic N) is 6. The van der Waals surface area contributed by atoms with Gasteiger partial charge in [0.25, 0.3) is 23.2 Å². The maximum absolute atomic E-state index is 12.1. The molecule has 1 aromatic heterocycles. The Labute approximate surface area is 224 Å². The monoisotopic (exact) mass is 552 g/mol. The summed E-state index contributed by atoms with van der Waals surface area (Å²) in [5, 5.41) is 29.4. The minimum atomic E-state index is -0.594. The van der Waals surface area contributed by atoms with Crippen molar-refractivity contribution in [1.29, 1.82) is 0 Å². The number of benzene rings is 2. The fraction of sp³-hybridized carbons (Fsp3) is 0.130. The fourth-order valence-corrected chi connectivity index (χ4v) is 3.47. The lowest BCUT2D eigenvalue weighted by molar-refractivity contribution is -0.385. The van der Waals surface area contributed by atoms with Gasteiger partial charge >= 0.3 is 0 Å². The smallest absolute Gasteiger partial charge is 0.278 e. The highest BCUT2D eigenvalue weighted by Gasteiger charge is 2.10. The minimum absolute atomic E-state index is 0.0813. The van der Waals surface area contributed by atoms with E-state index in [9.17, 15) is 29.8 Å². The Balaban J connectivity index is 1.46. The lowest BCUT2D eigenvalue weighted by Crippen LogP contribution is -2.25. The van der Waals surface area contributed by atoms with Crippen LogP contribution < -0.4 is 15.6 Å². The van der Waals surface area contributed by atoms with Crippen LogP contribution in [-0.2, 0) is 9.59 Å². The molecule has 1 heterocycles. The molecule has 0 radical (unpaired) electrons. The van der Waals surface area contributed by atoms with Crippen molar-refractivity contribution in [2.45, 2.75) is 12.1 Å². The van der Waals surface area contributed by atoms with Crippen molar-refractivity contribution in [3.8, 4) is 5.88 Å². The Bertz CT molecular complexity index is 1340. The number of rotatable bonds is 12. The summed E-state index contributed by atoms with van der Waals surface area (Å²) < 4.78 is 5.38. The first-order valence-corrected chi connectivity index (χ1v) is 11.9. The number of amides is 2. The Morgan fingerprint density at radius 3 is 2.05 bits per heavy atom. The van der Waals surface area contributed by atoms with Crippen LogP contribution in [0.3, 0.4) is 0 Å². The standard InChI is InChI=1S/C23H20N8O7S/c1-15-8-22(38-13-20(32)28-24-11-16-4-2-6-18(9-16)30(34)35)27-23(26-15)39-14-21(33)29-25-12-17-5-3-7-19(10-17)31(36)37/h2-12H,13-14H2,1H3,(H,28,32)(H,29,33). The van der Waals surface area contributed by atoms with E-state index in [-0.39, 0.29) is 28.2 Å². The molecular weight excluding hydrogens is 532 g/mol. The molecule has 200 valence electrons. The summed E-state index contributed by atoms with van der Waals surface area (Å²) in [5.74, 6) is -1.03. The van der Waals surface area contributed by atoms with Crippen molar-refractivity contribution in [3.05, 3.63) is 91.6 Å². The summed E-state index contributed by atoms with van der Waals surface area (Å²) in [6.45, 7) is 1.27. The van der Waals surface area contributed by atoms with E-state index in [2.05, 4.69) is 31.0 Å². The van der Waals surface area contributed by atoms with Gasteiger partial charge in [0.2, 0.25) is 5.88 Å². The normalized spacial score (nSPS) is 10.9. The summed E-state index contributed by atoms with van der Waals surface area (Å²) in [6.07, 6.45) is 2.54. The zero-order valence-electron chi connectivity index (χ0n) is 20.2. The van der Waals surface area contributed by atoms with Crippen LogP contribution in [0.4, 0.5) is 11.4 Å². The molecule has 0 atom stereocenters. The second kappa shape index (κ2) is 13.9. The number of carbonyl (C=O) groups excluding carboxylic acids is 2. The van der Waals surface area contributed by atoms with E-state index in [1.165, 1.54) is 54.9 Å². The lowest BCUT2D eigenvalue weighted by Gasteiger charge is -2.07. The molecular formula is C23H20N8O7S. The Hall–Kier alpha value is -5.25. The first-order valence-electron chi connectivity index (χ1n) is 10.9. The minimum Gasteiger partial charge on any atom is -0.467 e. The van der Waals surface area contributed by atoms with Crippen molar-refractivity contribution in [3.63, 3.8) is 0 Å². The van der Waals surface area contributed by atoms with Gasteiger partial charge in [-0.15, -0.1) is 0 Å². The second-order valence-electron chi connectivity index (χ2n) is 7.50. The van der Waals surface area contributed by atoms with E-state index in [0.717, 1.165) is 11.8 Å². The van der Waals surface area contributed by atoms with E-state index < -0.39 is 28.3 Å². The summed E-state index contributed by atoms with van der Waals surface area (Å²) >= 11 is 1.01. The Morgan fingerprint density at radius 2 is 1.49 bits per heavy atom. The van der Waals surface area contributed by atoms with Gasteiger partial charge in [-0.1, -0.05) is 36.0 Å². The van der Waals surface area contributed by atoms with E-state index in [1.807, 2.05) is 0 Å². The SMILES string of the molecule is Cc1cc(OCC(=O)NN=Cc2cccc([N+](=O)[O-])c2)nc(SCC(=O)NN=Cc2cccc([N+](=O)[O-])c2)n1. The number of nitro benzene ring substituents is 2. The predicted molar refractivity (Wildman–Crippen MR) is 141 cm³/mol. The van der Waals surface area contributed by atoms with Gasteiger partial charge in [-0.2, -0.15) is 15.2 Å². The third-order valence-electron chi connectivity index (χ3n) is 4.46. The van der Waals surface area contributed by atoms with Gasteiger partial charge in [0, 0.05) is 47.2 Å². The van der Waals surface area contributed by atoms with Gasteiger partial charge in [-0.25, -0.2) is 15.8 Å². The number of nitrogens with one attached hydrogen (secondary N) is 2. The lowest BCUT2D eigenvalue weighted by atomic mass is 10.2. The van der Waals surface area contributed by atoms with E-state index in [1.54, 1.807) is 19.1 Å². The average molecular weight is 553 g/mol. The predicted octanol–water partition coefficient (Wildman–Crippen LogP) is 2.37. The first kappa shape index (κ1) is 28.3. The Morgan fingerprint density at radius 1 is 0.923 bits per heavy atom. The molecule has 0 saturated carbocycles. The largest absolute Gasteiger partial charge is 0.467 e.